The highest BCUT2D eigenvalue weighted by Gasteiger charge is 2.72. The number of rotatable bonds is 2. The first-order valence-corrected chi connectivity index (χ1v) is 7.99. The lowest BCUT2D eigenvalue weighted by Gasteiger charge is -2.38. The third-order valence-electron chi connectivity index (χ3n) is 3.95. The molecule has 0 amide bonds. The van der Waals surface area contributed by atoms with Crippen LogP contribution in [-0.2, 0) is 5.41 Å². The molecular formula is C18H12F12N2. The maximum Gasteiger partial charge on any atom is 0.448 e. The lowest BCUT2D eigenvalue weighted by molar-refractivity contribution is -0.288. The summed E-state index contributed by atoms with van der Waals surface area (Å²) in [6, 6.07) is 6.91. The molecule has 0 aliphatic heterocycles. The molecule has 0 bridgehead atoms. The van der Waals surface area contributed by atoms with Crippen LogP contribution in [0.4, 0.5) is 64.1 Å². The normalized spacial score (nSPS) is 12.6. The Morgan fingerprint density at radius 1 is 0.531 bits per heavy atom. The molecule has 0 radical (unpaired) electrons. The molecule has 2 aromatic rings. The number of allylic oxidation sites excluding steroid dienone is 1. The fraction of sp³-hybridized carbons (Fsp3) is 0.222. The van der Waals surface area contributed by atoms with Gasteiger partial charge < -0.3 is 11.5 Å². The monoisotopic (exact) mass is 484 g/mol. The SMILES string of the molecule is FC(F)=C(F)C(F)(F)F.Nc1ccc(C(c2ccc(N)cc2)(C(F)(F)F)C(F)(F)F)cc1. The van der Waals surface area contributed by atoms with E-state index < -0.39 is 47.0 Å². The molecule has 14 heteroatoms. The number of halogens is 12. The Morgan fingerprint density at radius 3 is 0.969 bits per heavy atom. The van der Waals surface area contributed by atoms with Crippen molar-refractivity contribution >= 4 is 11.4 Å². The van der Waals surface area contributed by atoms with Gasteiger partial charge in [-0.2, -0.15) is 52.7 Å². The third kappa shape index (κ3) is 5.59. The molecule has 2 nitrogen and oxygen atoms in total. The second-order valence-corrected chi connectivity index (χ2v) is 6.06. The zero-order valence-corrected chi connectivity index (χ0v) is 15.3. The van der Waals surface area contributed by atoms with E-state index >= 15 is 0 Å². The zero-order valence-electron chi connectivity index (χ0n) is 15.3. The number of hydrogen-bond donors (Lipinski definition) is 2. The van der Waals surface area contributed by atoms with Crippen LogP contribution >= 0.6 is 0 Å². The first-order chi connectivity index (χ1) is 14.4. The number of nitrogens with two attached hydrogens (primary N) is 2. The topological polar surface area (TPSA) is 52.0 Å². The molecule has 178 valence electrons. The Kier molecular flexibility index (Phi) is 7.76. The van der Waals surface area contributed by atoms with Gasteiger partial charge in [-0.15, -0.1) is 0 Å². The molecule has 0 fully saturated rings. The van der Waals surface area contributed by atoms with Gasteiger partial charge in [0.2, 0.25) is 5.41 Å². The fourth-order valence-electron chi connectivity index (χ4n) is 2.56. The van der Waals surface area contributed by atoms with Crippen molar-refractivity contribution in [3.8, 4) is 0 Å². The minimum Gasteiger partial charge on any atom is -0.399 e. The van der Waals surface area contributed by atoms with Gasteiger partial charge in [0, 0.05) is 11.4 Å². The van der Waals surface area contributed by atoms with E-state index in [0.29, 0.717) is 0 Å². The molecule has 4 N–H and O–H groups in total. The van der Waals surface area contributed by atoms with E-state index in [-0.39, 0.29) is 11.4 Å². The number of hydrogen-bond acceptors (Lipinski definition) is 2. The zero-order chi connectivity index (χ0) is 25.1. The summed E-state index contributed by atoms with van der Waals surface area (Å²) in [5, 5.41) is 0. The van der Waals surface area contributed by atoms with Crippen LogP contribution < -0.4 is 11.5 Å². The largest absolute Gasteiger partial charge is 0.448 e. The summed E-state index contributed by atoms with van der Waals surface area (Å²) in [5.74, 6) is -3.33. The first kappa shape index (κ1) is 27.0. The quantitative estimate of drug-likeness (QED) is 0.361. The van der Waals surface area contributed by atoms with Crippen LogP contribution in [0.15, 0.2) is 60.4 Å². The average Bonchev–Trinajstić information content (AvgIpc) is 2.62. The van der Waals surface area contributed by atoms with E-state index in [4.69, 9.17) is 11.5 Å². The molecular weight excluding hydrogens is 472 g/mol. The van der Waals surface area contributed by atoms with Crippen molar-refractivity contribution in [2.75, 3.05) is 11.5 Å². The molecule has 0 saturated carbocycles. The van der Waals surface area contributed by atoms with Gasteiger partial charge in [0.15, 0.2) is 0 Å². The molecule has 2 aromatic carbocycles. The molecule has 0 heterocycles. The van der Waals surface area contributed by atoms with Crippen LogP contribution in [0.25, 0.3) is 0 Å². The van der Waals surface area contributed by atoms with Crippen molar-refractivity contribution in [1.29, 1.82) is 0 Å². The van der Waals surface area contributed by atoms with Gasteiger partial charge in [-0.05, 0) is 35.4 Å². The Morgan fingerprint density at radius 2 is 0.812 bits per heavy atom. The van der Waals surface area contributed by atoms with E-state index in [1.807, 2.05) is 0 Å². The predicted molar refractivity (Wildman–Crippen MR) is 91.0 cm³/mol. The minimum atomic E-state index is -5.61. The van der Waals surface area contributed by atoms with Crippen molar-refractivity contribution in [3.05, 3.63) is 71.6 Å². The predicted octanol–water partition coefficient (Wildman–Crippen LogP) is 6.89. The van der Waals surface area contributed by atoms with Gasteiger partial charge in [0.25, 0.3) is 5.83 Å². The average molecular weight is 484 g/mol. The first-order valence-electron chi connectivity index (χ1n) is 7.99. The summed E-state index contributed by atoms with van der Waals surface area (Å²) >= 11 is 0. The smallest absolute Gasteiger partial charge is 0.399 e. The summed E-state index contributed by atoms with van der Waals surface area (Å²) in [4.78, 5) is 0. The highest BCUT2D eigenvalue weighted by Crippen LogP contribution is 2.56. The molecule has 0 saturated heterocycles. The third-order valence-corrected chi connectivity index (χ3v) is 3.95. The highest BCUT2D eigenvalue weighted by molar-refractivity contribution is 5.51. The van der Waals surface area contributed by atoms with Crippen LogP contribution in [0.3, 0.4) is 0 Å². The second kappa shape index (κ2) is 9.20. The van der Waals surface area contributed by atoms with Crippen molar-refractivity contribution in [2.24, 2.45) is 0 Å². The van der Waals surface area contributed by atoms with Crippen molar-refractivity contribution in [1.82, 2.24) is 0 Å². The number of benzene rings is 2. The number of nitrogen functional groups attached to an aromatic ring is 2. The van der Waals surface area contributed by atoms with E-state index in [1.54, 1.807) is 0 Å². The van der Waals surface area contributed by atoms with Gasteiger partial charge in [0.05, 0.1) is 0 Å². The lowest BCUT2D eigenvalue weighted by atomic mass is 9.73. The molecule has 0 aliphatic rings. The molecule has 32 heavy (non-hydrogen) atoms. The molecule has 0 spiro atoms. The maximum atomic E-state index is 13.7. The van der Waals surface area contributed by atoms with Gasteiger partial charge in [0.1, 0.15) is 0 Å². The summed E-state index contributed by atoms with van der Waals surface area (Å²) in [7, 11) is 0. The Balaban J connectivity index is 0.000000482. The number of anilines is 2. The van der Waals surface area contributed by atoms with Gasteiger partial charge in [-0.1, -0.05) is 24.3 Å². The molecule has 0 aliphatic carbocycles. The van der Waals surface area contributed by atoms with Crippen molar-refractivity contribution in [2.45, 2.75) is 23.9 Å². The fourth-order valence-corrected chi connectivity index (χ4v) is 2.56. The van der Waals surface area contributed by atoms with E-state index in [1.165, 1.54) is 0 Å². The van der Waals surface area contributed by atoms with Crippen LogP contribution in [0.5, 0.6) is 0 Å². The van der Waals surface area contributed by atoms with E-state index in [9.17, 15) is 52.7 Å². The summed E-state index contributed by atoms with van der Waals surface area (Å²) in [6.45, 7) is 0. The van der Waals surface area contributed by atoms with Gasteiger partial charge in [-0.3, -0.25) is 0 Å². The van der Waals surface area contributed by atoms with Gasteiger partial charge >= 0.3 is 24.6 Å². The molecule has 0 unspecified atom stereocenters. The van der Waals surface area contributed by atoms with Crippen LogP contribution in [-0.4, -0.2) is 18.5 Å². The maximum absolute atomic E-state index is 13.7. The molecule has 0 aromatic heterocycles. The summed E-state index contributed by atoms with van der Waals surface area (Å²) in [5.41, 5.74) is 4.77. The van der Waals surface area contributed by atoms with Crippen LogP contribution in [0, 0.1) is 0 Å². The summed E-state index contributed by atoms with van der Waals surface area (Å²) < 4.78 is 147. The highest BCUT2D eigenvalue weighted by atomic mass is 19.4. The summed E-state index contributed by atoms with van der Waals surface area (Å²) in [6.07, 6.45) is -20.1. The minimum absolute atomic E-state index is 0.0595. The van der Waals surface area contributed by atoms with Crippen LogP contribution in [0.2, 0.25) is 0 Å². The number of alkyl halides is 9. The Labute approximate surface area is 172 Å². The van der Waals surface area contributed by atoms with Gasteiger partial charge in [-0.25, -0.2) is 0 Å². The van der Waals surface area contributed by atoms with Crippen molar-refractivity contribution in [3.63, 3.8) is 0 Å². The second-order valence-electron chi connectivity index (χ2n) is 6.06. The molecule has 0 atom stereocenters. The Bertz CT molecular complexity index is 857. The Hall–Kier alpha value is -3.06. The van der Waals surface area contributed by atoms with E-state index in [0.717, 1.165) is 48.5 Å². The standard InChI is InChI=1S/C15H12F6N2.C3F6/c16-14(17,18)13(15(19,20)21,9-1-5-11(22)6-2-9)10-3-7-12(23)8-4-10;4-1(2(5)6)3(7,8)9/h1-8H,22-23H2;. The van der Waals surface area contributed by atoms with E-state index in [2.05, 4.69) is 0 Å². The van der Waals surface area contributed by atoms with Crippen molar-refractivity contribution < 1.29 is 52.7 Å². The molecule has 2 rings (SSSR count). The van der Waals surface area contributed by atoms with Crippen LogP contribution in [0.1, 0.15) is 11.1 Å². The lowest BCUT2D eigenvalue weighted by Crippen LogP contribution is -2.54.